The lowest BCUT2D eigenvalue weighted by Crippen LogP contribution is -2.56. The smallest absolute Gasteiger partial charge is 0.407 e. The predicted molar refractivity (Wildman–Crippen MR) is 146 cm³/mol. The van der Waals surface area contributed by atoms with Crippen molar-refractivity contribution in [2.24, 2.45) is 0 Å². The number of aliphatic hydroxyl groups is 1. The summed E-state index contributed by atoms with van der Waals surface area (Å²) in [5, 5.41) is 22.5. The molecular formula is C25H24Cl2FN7O4. The molecule has 3 aromatic rings. The summed E-state index contributed by atoms with van der Waals surface area (Å²) in [5.41, 5.74) is 1.33. The number of hydrogen-bond donors (Lipinski definition) is 3. The molecule has 3 heterocycles. The van der Waals surface area contributed by atoms with Crippen molar-refractivity contribution in [1.82, 2.24) is 14.9 Å². The molecule has 14 heteroatoms. The maximum absolute atomic E-state index is 15.1. The lowest BCUT2D eigenvalue weighted by atomic mass is 10.1. The van der Waals surface area contributed by atoms with Crippen LogP contribution in [0.25, 0.3) is 0 Å². The van der Waals surface area contributed by atoms with Crippen molar-refractivity contribution in [3.8, 4) is 0 Å². The number of fused-ring (bicyclic) bond motifs is 1. The van der Waals surface area contributed by atoms with Gasteiger partial charge in [0.2, 0.25) is 5.95 Å². The van der Waals surface area contributed by atoms with Crippen molar-refractivity contribution in [3.63, 3.8) is 0 Å². The summed E-state index contributed by atoms with van der Waals surface area (Å²) in [6.07, 6.45) is 0.272. The summed E-state index contributed by atoms with van der Waals surface area (Å²) in [5.74, 6) is -0.331. The van der Waals surface area contributed by atoms with E-state index >= 15 is 4.39 Å². The molecule has 2 amide bonds. The van der Waals surface area contributed by atoms with Gasteiger partial charge in [0.15, 0.2) is 0 Å². The molecule has 1 fully saturated rings. The molecule has 1 unspecified atom stereocenters. The molecule has 0 radical (unpaired) electrons. The molecule has 2 aliphatic rings. The monoisotopic (exact) mass is 575 g/mol. The normalized spacial score (nSPS) is 17.4. The second-order valence-electron chi connectivity index (χ2n) is 9.12. The molecule has 1 aromatic heterocycles. The van der Waals surface area contributed by atoms with Gasteiger partial charge in [-0.05, 0) is 30.3 Å². The van der Waals surface area contributed by atoms with Crippen LogP contribution in [0.15, 0.2) is 42.6 Å². The number of nitrogens with one attached hydrogen (secondary N) is 1. The van der Waals surface area contributed by atoms with Crippen LogP contribution < -0.4 is 20.0 Å². The SMILES string of the molecule is CN1CN(c2c(Cl)cccc2Cl)C(=O)c2cnc(Nc3ccc(N4CCN(C(=O)O)C(CO)C4)c(F)c3)nc21. The van der Waals surface area contributed by atoms with Gasteiger partial charge >= 0.3 is 6.09 Å². The first-order valence-corrected chi connectivity index (χ1v) is 12.7. The Bertz CT molecular complexity index is 1430. The molecule has 5 rings (SSSR count). The van der Waals surface area contributed by atoms with E-state index in [2.05, 4.69) is 15.3 Å². The molecule has 204 valence electrons. The van der Waals surface area contributed by atoms with Gasteiger partial charge in [-0.25, -0.2) is 14.2 Å². The van der Waals surface area contributed by atoms with E-state index in [1.54, 1.807) is 47.2 Å². The van der Waals surface area contributed by atoms with Crippen LogP contribution in [0.3, 0.4) is 0 Å². The number of halogens is 3. The van der Waals surface area contributed by atoms with E-state index in [-0.39, 0.29) is 50.3 Å². The van der Waals surface area contributed by atoms with Gasteiger partial charge in [-0.1, -0.05) is 29.3 Å². The second kappa shape index (κ2) is 10.7. The molecule has 0 aliphatic carbocycles. The Labute approximate surface area is 233 Å². The molecule has 11 nitrogen and oxygen atoms in total. The average molecular weight is 576 g/mol. The first-order valence-electron chi connectivity index (χ1n) is 11.9. The molecule has 39 heavy (non-hydrogen) atoms. The van der Waals surface area contributed by atoms with Crippen LogP contribution in [0, 0.1) is 5.82 Å². The quantitative estimate of drug-likeness (QED) is 0.415. The highest BCUT2D eigenvalue weighted by Crippen LogP contribution is 2.37. The fraction of sp³-hybridized carbons (Fsp3) is 0.280. The Hall–Kier alpha value is -3.87. The van der Waals surface area contributed by atoms with Crippen molar-refractivity contribution in [3.05, 3.63) is 64.0 Å². The molecule has 0 bridgehead atoms. The number of carbonyl (C=O) groups is 2. The van der Waals surface area contributed by atoms with E-state index in [9.17, 15) is 19.8 Å². The largest absolute Gasteiger partial charge is 0.465 e. The lowest BCUT2D eigenvalue weighted by Gasteiger charge is -2.40. The number of anilines is 5. The highest BCUT2D eigenvalue weighted by Gasteiger charge is 2.33. The van der Waals surface area contributed by atoms with Crippen LogP contribution in [0.4, 0.5) is 38.0 Å². The van der Waals surface area contributed by atoms with E-state index < -0.39 is 18.0 Å². The highest BCUT2D eigenvalue weighted by atomic mass is 35.5. The number of aromatic nitrogens is 2. The van der Waals surface area contributed by atoms with Crippen LogP contribution in [-0.2, 0) is 0 Å². The van der Waals surface area contributed by atoms with Crippen molar-refractivity contribution in [1.29, 1.82) is 0 Å². The minimum absolute atomic E-state index is 0.148. The molecule has 2 aliphatic heterocycles. The predicted octanol–water partition coefficient (Wildman–Crippen LogP) is 3.88. The zero-order valence-corrected chi connectivity index (χ0v) is 22.2. The van der Waals surface area contributed by atoms with Crippen molar-refractivity contribution in [2.75, 3.05) is 60.0 Å². The lowest BCUT2D eigenvalue weighted by molar-refractivity contribution is 0.0909. The Morgan fingerprint density at radius 1 is 1.21 bits per heavy atom. The Morgan fingerprint density at radius 3 is 2.62 bits per heavy atom. The van der Waals surface area contributed by atoms with Crippen molar-refractivity contribution < 1.29 is 24.2 Å². The van der Waals surface area contributed by atoms with Crippen LogP contribution >= 0.6 is 23.2 Å². The minimum atomic E-state index is -1.12. The van der Waals surface area contributed by atoms with Gasteiger partial charge in [-0.3, -0.25) is 14.6 Å². The number of benzene rings is 2. The van der Waals surface area contributed by atoms with Crippen molar-refractivity contribution in [2.45, 2.75) is 6.04 Å². The molecule has 0 spiro atoms. The van der Waals surface area contributed by atoms with Gasteiger partial charge in [0.05, 0.1) is 40.7 Å². The summed E-state index contributed by atoms with van der Waals surface area (Å²) in [7, 11) is 1.76. The standard InChI is InChI=1S/C25H24Cl2FN7O4/c1-32-13-35(21-17(26)3-2-4-18(21)27)23(37)16-10-29-24(31-22(16)32)30-14-5-6-20(19(28)9-14)33-7-8-34(25(38)39)15(11-33)12-36/h2-6,9-10,15,36H,7-8,11-13H2,1H3,(H,38,39)(H,29,30,31). The Kier molecular flexibility index (Phi) is 7.34. The fourth-order valence-electron chi connectivity index (χ4n) is 4.74. The summed E-state index contributed by atoms with van der Waals surface area (Å²) in [6, 6.07) is 8.85. The van der Waals surface area contributed by atoms with Crippen molar-refractivity contribution >= 4 is 64.0 Å². The highest BCUT2D eigenvalue weighted by molar-refractivity contribution is 6.40. The van der Waals surface area contributed by atoms with Gasteiger partial charge < -0.3 is 25.3 Å². The minimum Gasteiger partial charge on any atom is -0.465 e. The Balaban J connectivity index is 1.34. The number of hydrogen-bond acceptors (Lipinski definition) is 8. The first-order chi connectivity index (χ1) is 18.7. The number of carboxylic acid groups (broad SMARTS) is 1. The fourth-order valence-corrected chi connectivity index (χ4v) is 5.34. The van der Waals surface area contributed by atoms with E-state index in [1.165, 1.54) is 17.2 Å². The van der Waals surface area contributed by atoms with Gasteiger partial charge in [0, 0.05) is 38.6 Å². The topological polar surface area (TPSA) is 125 Å². The first kappa shape index (κ1) is 26.7. The molecule has 1 atom stereocenters. The maximum atomic E-state index is 15.1. The number of amides is 2. The number of rotatable bonds is 5. The molecule has 3 N–H and O–H groups in total. The zero-order valence-electron chi connectivity index (χ0n) is 20.7. The zero-order chi connectivity index (χ0) is 27.8. The molecular weight excluding hydrogens is 552 g/mol. The molecule has 1 saturated heterocycles. The van der Waals surface area contributed by atoms with Crippen LogP contribution in [0.2, 0.25) is 10.0 Å². The summed E-state index contributed by atoms with van der Waals surface area (Å²) >= 11 is 12.6. The number of carbonyl (C=O) groups excluding carboxylic acids is 1. The van der Waals surface area contributed by atoms with E-state index in [4.69, 9.17) is 23.2 Å². The van der Waals surface area contributed by atoms with E-state index in [0.29, 0.717) is 32.9 Å². The van der Waals surface area contributed by atoms with Crippen LogP contribution in [0.5, 0.6) is 0 Å². The third kappa shape index (κ3) is 5.10. The number of para-hydroxylation sites is 1. The summed E-state index contributed by atoms with van der Waals surface area (Å²) in [6.45, 7) is 0.392. The second-order valence-corrected chi connectivity index (χ2v) is 9.94. The number of piperazine rings is 1. The van der Waals surface area contributed by atoms with Crippen LogP contribution in [0.1, 0.15) is 10.4 Å². The third-order valence-electron chi connectivity index (χ3n) is 6.65. The number of nitrogens with zero attached hydrogens (tertiary/aromatic N) is 6. The van der Waals surface area contributed by atoms with E-state index in [0.717, 1.165) is 4.90 Å². The average Bonchev–Trinajstić information content (AvgIpc) is 2.91. The maximum Gasteiger partial charge on any atom is 0.407 e. The summed E-state index contributed by atoms with van der Waals surface area (Å²) in [4.78, 5) is 39.4. The number of aliphatic hydroxyl groups excluding tert-OH is 1. The van der Waals surface area contributed by atoms with Gasteiger partial charge in [-0.15, -0.1) is 0 Å². The summed E-state index contributed by atoms with van der Waals surface area (Å²) < 4.78 is 15.1. The molecule has 2 aromatic carbocycles. The van der Waals surface area contributed by atoms with Gasteiger partial charge in [0.25, 0.3) is 5.91 Å². The van der Waals surface area contributed by atoms with E-state index in [1.807, 2.05) is 0 Å². The van der Waals surface area contributed by atoms with Gasteiger partial charge in [0.1, 0.15) is 17.2 Å². The van der Waals surface area contributed by atoms with Gasteiger partial charge in [-0.2, -0.15) is 4.98 Å². The third-order valence-corrected chi connectivity index (χ3v) is 7.26. The Morgan fingerprint density at radius 2 is 1.95 bits per heavy atom. The van der Waals surface area contributed by atoms with Crippen LogP contribution in [-0.4, -0.2) is 83.1 Å². The molecule has 0 saturated carbocycles.